The summed E-state index contributed by atoms with van der Waals surface area (Å²) in [6.07, 6.45) is 3.78. The van der Waals surface area contributed by atoms with Crippen LogP contribution in [0.4, 0.5) is 5.69 Å². The van der Waals surface area contributed by atoms with E-state index in [4.69, 9.17) is 17.3 Å². The highest BCUT2D eigenvalue weighted by atomic mass is 35.5. The molecule has 1 aliphatic rings. The third-order valence-electron chi connectivity index (χ3n) is 3.91. The summed E-state index contributed by atoms with van der Waals surface area (Å²) < 4.78 is 0. The number of amides is 1. The van der Waals surface area contributed by atoms with Crippen LogP contribution in [0.3, 0.4) is 0 Å². The topological polar surface area (TPSA) is 75.0 Å². The lowest BCUT2D eigenvalue weighted by Gasteiger charge is -2.32. The highest BCUT2D eigenvalue weighted by Gasteiger charge is 2.27. The molecule has 0 bridgehead atoms. The van der Waals surface area contributed by atoms with E-state index < -0.39 is 0 Å². The molecular weight excluding hydrogens is 288 g/mol. The van der Waals surface area contributed by atoms with Crippen molar-refractivity contribution in [2.45, 2.75) is 18.8 Å². The number of H-pyrrole nitrogens is 1. The maximum atomic E-state index is 12.6. The molecule has 3 rings (SSSR count). The molecule has 1 amide bonds. The van der Waals surface area contributed by atoms with Crippen molar-refractivity contribution in [3.63, 3.8) is 0 Å². The number of aromatic nitrogens is 2. The Labute approximate surface area is 128 Å². The smallest absolute Gasteiger partial charge is 0.255 e. The van der Waals surface area contributed by atoms with Gasteiger partial charge in [-0.15, -0.1) is 0 Å². The summed E-state index contributed by atoms with van der Waals surface area (Å²) in [5, 5.41) is 7.52. The monoisotopic (exact) mass is 304 g/mol. The van der Waals surface area contributed by atoms with Gasteiger partial charge >= 0.3 is 0 Å². The number of carbonyl (C=O) groups is 1. The van der Waals surface area contributed by atoms with Gasteiger partial charge in [0.25, 0.3) is 5.91 Å². The summed E-state index contributed by atoms with van der Waals surface area (Å²) in [7, 11) is 0. The van der Waals surface area contributed by atoms with Crippen molar-refractivity contribution in [1.82, 2.24) is 15.1 Å². The molecule has 1 unspecified atom stereocenters. The number of nitrogens with zero attached hydrogens (tertiary/aromatic N) is 2. The normalized spacial score (nSPS) is 18.7. The first-order valence-corrected chi connectivity index (χ1v) is 7.36. The Morgan fingerprint density at radius 3 is 3.00 bits per heavy atom. The van der Waals surface area contributed by atoms with E-state index in [-0.39, 0.29) is 5.91 Å². The quantitative estimate of drug-likeness (QED) is 0.838. The number of nitrogens with two attached hydrogens (primary N) is 1. The number of anilines is 1. The molecule has 1 saturated heterocycles. The Morgan fingerprint density at radius 1 is 1.43 bits per heavy atom. The molecule has 110 valence electrons. The van der Waals surface area contributed by atoms with Crippen LogP contribution >= 0.6 is 11.6 Å². The summed E-state index contributed by atoms with van der Waals surface area (Å²) in [6.45, 7) is 1.44. The van der Waals surface area contributed by atoms with Gasteiger partial charge in [-0.05, 0) is 37.1 Å². The van der Waals surface area contributed by atoms with Gasteiger partial charge in [-0.25, -0.2) is 0 Å². The van der Waals surface area contributed by atoms with Gasteiger partial charge in [0, 0.05) is 41.6 Å². The Bertz CT molecular complexity index is 641. The van der Waals surface area contributed by atoms with E-state index in [1.54, 1.807) is 24.4 Å². The van der Waals surface area contributed by atoms with E-state index in [1.165, 1.54) is 0 Å². The largest absolute Gasteiger partial charge is 0.398 e. The Kier molecular flexibility index (Phi) is 3.84. The van der Waals surface area contributed by atoms with Crippen molar-refractivity contribution in [1.29, 1.82) is 0 Å². The number of nitrogen functional groups attached to an aromatic ring is 1. The molecule has 0 spiro atoms. The van der Waals surface area contributed by atoms with Crippen LogP contribution in [0.5, 0.6) is 0 Å². The number of aromatic amines is 1. The molecule has 21 heavy (non-hydrogen) atoms. The van der Waals surface area contributed by atoms with Gasteiger partial charge in [0.15, 0.2) is 0 Å². The van der Waals surface area contributed by atoms with E-state index in [2.05, 4.69) is 10.2 Å². The zero-order valence-electron chi connectivity index (χ0n) is 11.6. The highest BCUT2D eigenvalue weighted by Crippen LogP contribution is 2.27. The number of hydrogen-bond acceptors (Lipinski definition) is 3. The molecule has 0 saturated carbocycles. The average molecular weight is 305 g/mol. The van der Waals surface area contributed by atoms with Gasteiger partial charge in [-0.1, -0.05) is 11.6 Å². The van der Waals surface area contributed by atoms with Crippen LogP contribution in [0.2, 0.25) is 5.02 Å². The lowest BCUT2D eigenvalue weighted by atomic mass is 9.94. The molecule has 0 aliphatic carbocycles. The Hall–Kier alpha value is -2.01. The number of likely N-dealkylation sites (tertiary alicyclic amines) is 1. The average Bonchev–Trinajstić information content (AvgIpc) is 3.01. The third-order valence-corrected chi connectivity index (χ3v) is 4.15. The minimum absolute atomic E-state index is 0.0339. The second-order valence-corrected chi connectivity index (χ2v) is 5.77. The van der Waals surface area contributed by atoms with Crippen molar-refractivity contribution in [2.75, 3.05) is 18.8 Å². The number of rotatable bonds is 2. The van der Waals surface area contributed by atoms with E-state index in [0.717, 1.165) is 25.1 Å². The number of carbonyl (C=O) groups excluding carboxylic acids is 1. The number of nitrogens with one attached hydrogen (secondary N) is 1. The van der Waals surface area contributed by atoms with E-state index in [9.17, 15) is 4.79 Å². The van der Waals surface area contributed by atoms with Crippen LogP contribution in [0, 0.1) is 0 Å². The molecule has 1 atom stereocenters. The molecule has 0 radical (unpaired) electrons. The van der Waals surface area contributed by atoms with Crippen LogP contribution in [0.15, 0.2) is 30.5 Å². The summed E-state index contributed by atoms with van der Waals surface area (Å²) in [5.74, 6) is 0.270. The maximum Gasteiger partial charge on any atom is 0.255 e. The van der Waals surface area contributed by atoms with Crippen molar-refractivity contribution in [2.24, 2.45) is 0 Å². The van der Waals surface area contributed by atoms with Gasteiger partial charge in [0.2, 0.25) is 0 Å². The van der Waals surface area contributed by atoms with Crippen molar-refractivity contribution >= 4 is 23.2 Å². The lowest BCUT2D eigenvalue weighted by molar-refractivity contribution is 0.0707. The predicted molar refractivity (Wildman–Crippen MR) is 82.3 cm³/mol. The Morgan fingerprint density at radius 2 is 2.29 bits per heavy atom. The van der Waals surface area contributed by atoms with Crippen molar-refractivity contribution in [3.05, 3.63) is 46.7 Å². The molecule has 1 fully saturated rings. The highest BCUT2D eigenvalue weighted by molar-refractivity contribution is 6.31. The van der Waals surface area contributed by atoms with E-state index >= 15 is 0 Å². The van der Waals surface area contributed by atoms with Gasteiger partial charge in [0.1, 0.15) is 0 Å². The zero-order valence-corrected chi connectivity index (χ0v) is 12.3. The van der Waals surface area contributed by atoms with E-state index in [0.29, 0.717) is 28.7 Å². The third kappa shape index (κ3) is 2.88. The molecule has 2 heterocycles. The standard InChI is InChI=1S/C15H17ClN4O/c16-11-3-4-12(13(17)8-11)15(21)20-7-1-2-10(9-20)14-5-6-18-19-14/h3-6,8,10H,1-2,7,9,17H2,(H,18,19). The first-order chi connectivity index (χ1) is 10.1. The number of hydrogen-bond donors (Lipinski definition) is 2. The number of benzene rings is 1. The SMILES string of the molecule is Nc1cc(Cl)ccc1C(=O)N1CCCC(c2ccn[nH]2)C1. The molecule has 3 N–H and O–H groups in total. The van der Waals surface area contributed by atoms with Crippen LogP contribution < -0.4 is 5.73 Å². The fraction of sp³-hybridized carbons (Fsp3) is 0.333. The van der Waals surface area contributed by atoms with Crippen LogP contribution in [0.1, 0.15) is 34.8 Å². The lowest BCUT2D eigenvalue weighted by Crippen LogP contribution is -2.39. The second-order valence-electron chi connectivity index (χ2n) is 5.33. The van der Waals surface area contributed by atoms with Gasteiger partial charge in [-0.2, -0.15) is 5.10 Å². The van der Waals surface area contributed by atoms with Crippen molar-refractivity contribution < 1.29 is 4.79 Å². The summed E-state index contributed by atoms with van der Waals surface area (Å²) in [4.78, 5) is 14.5. The summed E-state index contributed by atoms with van der Waals surface area (Å²) in [5.41, 5.74) is 7.94. The first kappa shape index (κ1) is 13.9. The summed E-state index contributed by atoms with van der Waals surface area (Å²) in [6, 6.07) is 6.97. The number of piperidine rings is 1. The predicted octanol–water partition coefficient (Wildman–Crippen LogP) is 2.67. The van der Waals surface area contributed by atoms with Crippen LogP contribution in [0.25, 0.3) is 0 Å². The van der Waals surface area contributed by atoms with Gasteiger partial charge < -0.3 is 10.6 Å². The van der Waals surface area contributed by atoms with Crippen LogP contribution in [-0.4, -0.2) is 34.1 Å². The van der Waals surface area contributed by atoms with Gasteiger partial charge in [-0.3, -0.25) is 9.89 Å². The van der Waals surface area contributed by atoms with Gasteiger partial charge in [0.05, 0.1) is 5.56 Å². The molecule has 2 aromatic rings. The molecule has 1 aliphatic heterocycles. The van der Waals surface area contributed by atoms with E-state index in [1.807, 2.05) is 11.0 Å². The summed E-state index contributed by atoms with van der Waals surface area (Å²) >= 11 is 5.88. The fourth-order valence-electron chi connectivity index (χ4n) is 2.81. The molecule has 6 heteroatoms. The van der Waals surface area contributed by atoms with Crippen molar-refractivity contribution in [3.8, 4) is 0 Å². The maximum absolute atomic E-state index is 12.6. The first-order valence-electron chi connectivity index (χ1n) is 6.98. The fourth-order valence-corrected chi connectivity index (χ4v) is 2.99. The molecule has 5 nitrogen and oxygen atoms in total. The molecule has 1 aromatic heterocycles. The van der Waals surface area contributed by atoms with Crippen LogP contribution in [-0.2, 0) is 0 Å². The minimum Gasteiger partial charge on any atom is -0.398 e. The molecule has 1 aromatic carbocycles. The zero-order chi connectivity index (χ0) is 14.8. The minimum atomic E-state index is -0.0339. The molecular formula is C15H17ClN4O. The number of halogens is 1. The Balaban J connectivity index is 1.78. The second kappa shape index (κ2) is 5.77.